The van der Waals surface area contributed by atoms with Crippen molar-refractivity contribution in [1.29, 1.82) is 0 Å². The molecule has 7 nitrogen and oxygen atoms in total. The van der Waals surface area contributed by atoms with E-state index in [1.165, 1.54) is 11.1 Å². The number of likely N-dealkylation sites (tertiary alicyclic amines) is 1. The maximum absolute atomic E-state index is 11.8. The highest BCUT2D eigenvalue weighted by Crippen LogP contribution is 2.15. The molecule has 2 aliphatic heterocycles. The lowest BCUT2D eigenvalue weighted by Gasteiger charge is -2.35. The maximum Gasteiger partial charge on any atom is 0.222 e. The van der Waals surface area contributed by atoms with Crippen LogP contribution in [0.2, 0.25) is 0 Å². The molecule has 0 saturated carbocycles. The van der Waals surface area contributed by atoms with Crippen LogP contribution in [0, 0.1) is 5.92 Å². The molecule has 1 amide bonds. The average molecular weight is 572 g/mol. The predicted octanol–water partition coefficient (Wildman–Crippen LogP) is 3.23. The van der Waals surface area contributed by atoms with Crippen molar-refractivity contribution in [3.8, 4) is 0 Å². The molecule has 2 fully saturated rings. The minimum atomic E-state index is 0. The van der Waals surface area contributed by atoms with Gasteiger partial charge in [-0.05, 0) is 36.8 Å². The second-order valence-corrected chi connectivity index (χ2v) is 9.24. The van der Waals surface area contributed by atoms with Gasteiger partial charge in [0.1, 0.15) is 0 Å². The van der Waals surface area contributed by atoms with Crippen molar-refractivity contribution in [3.63, 3.8) is 0 Å². The van der Waals surface area contributed by atoms with E-state index in [9.17, 15) is 4.79 Å². The molecule has 2 N–H and O–H groups in total. The van der Waals surface area contributed by atoms with Crippen LogP contribution < -0.4 is 10.6 Å². The predicted molar refractivity (Wildman–Crippen MR) is 145 cm³/mol. The Labute approximate surface area is 216 Å². The smallest absolute Gasteiger partial charge is 0.222 e. The molecule has 0 aliphatic carbocycles. The Balaban J connectivity index is 0.00000385. The second-order valence-electron chi connectivity index (χ2n) is 9.24. The fraction of sp³-hybridized carbons (Fsp3) is 0.680. The van der Waals surface area contributed by atoms with Crippen LogP contribution in [0.4, 0.5) is 0 Å². The monoisotopic (exact) mass is 571 g/mol. The summed E-state index contributed by atoms with van der Waals surface area (Å²) in [5.41, 5.74) is 2.35. The number of rotatable bonds is 10. The third kappa shape index (κ3) is 9.41. The molecule has 186 valence electrons. The number of morpholine rings is 1. The summed E-state index contributed by atoms with van der Waals surface area (Å²) in [5, 5.41) is 6.95. The van der Waals surface area contributed by atoms with Gasteiger partial charge in [-0.1, -0.05) is 38.1 Å². The molecule has 1 aromatic rings. The molecule has 2 saturated heterocycles. The van der Waals surface area contributed by atoms with Crippen LogP contribution in [0.15, 0.2) is 29.3 Å². The van der Waals surface area contributed by atoms with E-state index >= 15 is 0 Å². The normalized spacial score (nSPS) is 18.4. The number of hydrogen-bond donors (Lipinski definition) is 2. The molecule has 0 radical (unpaired) electrons. The Morgan fingerprint density at radius 3 is 2.39 bits per heavy atom. The van der Waals surface area contributed by atoms with Crippen molar-refractivity contribution in [2.75, 3.05) is 45.9 Å². The number of benzene rings is 1. The van der Waals surface area contributed by atoms with Crippen LogP contribution in [0.3, 0.4) is 0 Å². The minimum Gasteiger partial charge on any atom is -0.379 e. The quantitative estimate of drug-likeness (QED) is 0.257. The van der Waals surface area contributed by atoms with E-state index in [-0.39, 0.29) is 29.9 Å². The van der Waals surface area contributed by atoms with Gasteiger partial charge in [-0.2, -0.15) is 0 Å². The number of nitrogens with one attached hydrogen (secondary N) is 2. The molecule has 2 aliphatic rings. The lowest BCUT2D eigenvalue weighted by molar-refractivity contribution is -0.128. The summed E-state index contributed by atoms with van der Waals surface area (Å²) in [6.45, 7) is 14.3. The topological polar surface area (TPSA) is 69.2 Å². The van der Waals surface area contributed by atoms with E-state index in [1.54, 1.807) is 0 Å². The Kier molecular flexibility index (Phi) is 12.5. The van der Waals surface area contributed by atoms with Gasteiger partial charge in [0.2, 0.25) is 5.91 Å². The number of carbonyl (C=O) groups excluding carboxylic acids is 1. The van der Waals surface area contributed by atoms with Crippen molar-refractivity contribution in [3.05, 3.63) is 35.4 Å². The van der Waals surface area contributed by atoms with Gasteiger partial charge in [-0.25, -0.2) is 4.99 Å². The van der Waals surface area contributed by atoms with E-state index in [0.29, 0.717) is 31.5 Å². The van der Waals surface area contributed by atoms with Crippen molar-refractivity contribution in [2.24, 2.45) is 10.9 Å². The summed E-state index contributed by atoms with van der Waals surface area (Å²) in [6, 6.07) is 8.97. The minimum absolute atomic E-state index is 0. The van der Waals surface area contributed by atoms with Gasteiger partial charge in [-0.3, -0.25) is 9.69 Å². The first-order valence-corrected chi connectivity index (χ1v) is 12.2. The van der Waals surface area contributed by atoms with Gasteiger partial charge in [0.15, 0.2) is 5.96 Å². The summed E-state index contributed by atoms with van der Waals surface area (Å²) in [7, 11) is 0. The van der Waals surface area contributed by atoms with E-state index in [2.05, 4.69) is 60.6 Å². The molecule has 0 spiro atoms. The zero-order chi connectivity index (χ0) is 22.8. The molecule has 0 aromatic heterocycles. The Morgan fingerprint density at radius 1 is 1.09 bits per heavy atom. The van der Waals surface area contributed by atoms with Crippen molar-refractivity contribution >= 4 is 35.8 Å². The summed E-state index contributed by atoms with van der Waals surface area (Å²) in [4.78, 5) is 21.1. The summed E-state index contributed by atoms with van der Waals surface area (Å²) in [5.74, 6) is 1.78. The van der Waals surface area contributed by atoms with Gasteiger partial charge in [0.05, 0.1) is 19.8 Å². The third-order valence-corrected chi connectivity index (χ3v) is 6.14. The van der Waals surface area contributed by atoms with Crippen LogP contribution in [0.1, 0.15) is 51.2 Å². The van der Waals surface area contributed by atoms with E-state index in [4.69, 9.17) is 9.73 Å². The third-order valence-electron chi connectivity index (χ3n) is 6.14. The summed E-state index contributed by atoms with van der Waals surface area (Å²) in [6.07, 6.45) is 2.83. The molecule has 1 atom stereocenters. The molecule has 0 bridgehead atoms. The number of nitrogens with zero attached hydrogens (tertiary/aromatic N) is 3. The number of carbonyl (C=O) groups is 1. The highest BCUT2D eigenvalue weighted by atomic mass is 127. The number of ether oxygens (including phenoxy) is 1. The zero-order valence-corrected chi connectivity index (χ0v) is 22.8. The molecule has 33 heavy (non-hydrogen) atoms. The zero-order valence-electron chi connectivity index (χ0n) is 20.5. The number of guanidine groups is 1. The summed E-state index contributed by atoms with van der Waals surface area (Å²) >= 11 is 0. The van der Waals surface area contributed by atoms with Crippen molar-refractivity contribution in [1.82, 2.24) is 20.4 Å². The fourth-order valence-corrected chi connectivity index (χ4v) is 4.42. The largest absolute Gasteiger partial charge is 0.379 e. The Hall–Kier alpha value is -1.39. The number of halogens is 1. The van der Waals surface area contributed by atoms with E-state index < -0.39 is 0 Å². The molecular formula is C25H42IN5O2. The SMILES string of the molecule is CCNC(=NCc1ccc(CN2CCCC2=O)cc1)NCC(CC(C)C)N1CCOCC1.I. The van der Waals surface area contributed by atoms with Crippen LogP contribution in [-0.2, 0) is 22.6 Å². The van der Waals surface area contributed by atoms with Gasteiger partial charge in [0.25, 0.3) is 0 Å². The van der Waals surface area contributed by atoms with Crippen molar-refractivity contribution in [2.45, 2.75) is 59.2 Å². The first kappa shape index (κ1) is 27.9. The maximum atomic E-state index is 11.8. The molecule has 3 rings (SSSR count). The lowest BCUT2D eigenvalue weighted by Crippen LogP contribution is -2.51. The first-order chi connectivity index (χ1) is 15.5. The molecule has 1 unspecified atom stereocenters. The molecule has 1 aromatic carbocycles. The molecule has 8 heteroatoms. The Morgan fingerprint density at radius 2 is 1.79 bits per heavy atom. The number of aliphatic imine (C=N–C) groups is 1. The standard InChI is InChI=1S/C25H41N5O2.HI/c1-4-26-25(28-18-23(16-20(2)3)29-12-14-32-15-13-29)27-17-21-7-9-22(10-8-21)19-30-11-5-6-24(30)31;/h7-10,20,23H,4-6,11-19H2,1-3H3,(H2,26,27,28);1H. The highest BCUT2D eigenvalue weighted by Gasteiger charge is 2.22. The van der Waals surface area contributed by atoms with E-state index in [1.807, 2.05) is 4.90 Å². The van der Waals surface area contributed by atoms with Crippen LogP contribution in [-0.4, -0.2) is 73.6 Å². The van der Waals surface area contributed by atoms with E-state index in [0.717, 1.165) is 64.7 Å². The Bertz CT molecular complexity index is 735. The van der Waals surface area contributed by atoms with Crippen LogP contribution in [0.5, 0.6) is 0 Å². The van der Waals surface area contributed by atoms with Crippen LogP contribution >= 0.6 is 24.0 Å². The highest BCUT2D eigenvalue weighted by molar-refractivity contribution is 14.0. The van der Waals surface area contributed by atoms with Gasteiger partial charge >= 0.3 is 0 Å². The second kappa shape index (κ2) is 14.8. The van der Waals surface area contributed by atoms with Crippen molar-refractivity contribution < 1.29 is 9.53 Å². The van der Waals surface area contributed by atoms with Crippen LogP contribution in [0.25, 0.3) is 0 Å². The summed E-state index contributed by atoms with van der Waals surface area (Å²) < 4.78 is 5.54. The number of hydrogen-bond acceptors (Lipinski definition) is 4. The molecule has 2 heterocycles. The average Bonchev–Trinajstić information content (AvgIpc) is 3.20. The van der Waals surface area contributed by atoms with Gasteiger partial charge in [0, 0.05) is 51.7 Å². The van der Waals surface area contributed by atoms with Gasteiger partial charge in [-0.15, -0.1) is 24.0 Å². The van der Waals surface area contributed by atoms with Gasteiger partial charge < -0.3 is 20.3 Å². The first-order valence-electron chi connectivity index (χ1n) is 12.2. The fourth-order valence-electron chi connectivity index (χ4n) is 4.42. The number of amides is 1. The lowest BCUT2D eigenvalue weighted by atomic mass is 10.0. The molecular weight excluding hydrogens is 529 g/mol.